The Morgan fingerprint density at radius 2 is 0.675 bits per heavy atom. The topological polar surface area (TPSA) is 539 Å². The molecule has 40 nitrogen and oxygen atoms in total. The lowest BCUT2D eigenvalue weighted by molar-refractivity contribution is -0.208. The van der Waals surface area contributed by atoms with Crippen LogP contribution in [0.1, 0.15) is 145 Å². The molecular formula is C74H129N13O27. The normalized spacial score (nSPS) is 21.9. The molecule has 12 atom stereocenters. The van der Waals surface area contributed by atoms with E-state index in [1.165, 1.54) is 0 Å². The van der Waals surface area contributed by atoms with Crippen LogP contribution in [0.15, 0.2) is 18.6 Å². The Morgan fingerprint density at radius 1 is 0.377 bits per heavy atom. The SMILES string of the molecule is O=C(O)CCCCCCCCCCCC(=O)NC(CCC(=O)NCCOCCOCCn1cc(CCCO[C@H]2CO[C@H](CO)[C@H](O)[C@@H]2O)nn1)(CCC(=O)NCCOCCOCCn1cc(CCCO[C@H]2CO[C@H](CO)[C@H](O)[C@@H]2O)nn1)CCC(=O)NCCOCCOCCn1cc(CCCO[C@H]2CO[C@H](CO)[C@H](O)[C@@H]2O)nn1. The largest absolute Gasteiger partial charge is 0.481 e. The lowest BCUT2D eigenvalue weighted by Gasteiger charge is -2.36. The van der Waals surface area contributed by atoms with Gasteiger partial charge in [0.2, 0.25) is 23.6 Å². The van der Waals surface area contributed by atoms with Gasteiger partial charge in [-0.2, -0.15) is 0 Å². The molecule has 0 spiro atoms. The van der Waals surface area contributed by atoms with Gasteiger partial charge >= 0.3 is 5.97 Å². The summed E-state index contributed by atoms with van der Waals surface area (Å²) in [5.74, 6) is -2.03. The third kappa shape index (κ3) is 39.5. The van der Waals surface area contributed by atoms with Crippen molar-refractivity contribution in [3.63, 3.8) is 0 Å². The maximum Gasteiger partial charge on any atom is 0.303 e. The summed E-state index contributed by atoms with van der Waals surface area (Å²) in [6.45, 7) is 4.81. The van der Waals surface area contributed by atoms with Crippen molar-refractivity contribution >= 4 is 29.6 Å². The zero-order chi connectivity index (χ0) is 81.8. The molecule has 114 heavy (non-hydrogen) atoms. The molecule has 0 unspecified atom stereocenters. The molecule has 652 valence electrons. The van der Waals surface area contributed by atoms with Crippen LogP contribution in [0.5, 0.6) is 0 Å². The minimum absolute atomic E-state index is 0.0479. The minimum Gasteiger partial charge on any atom is -0.481 e. The average Bonchev–Trinajstić information content (AvgIpc) is 1.19. The highest BCUT2D eigenvalue weighted by molar-refractivity contribution is 5.80. The summed E-state index contributed by atoms with van der Waals surface area (Å²) in [4.78, 5) is 65.8. The van der Waals surface area contributed by atoms with Gasteiger partial charge in [-0.3, -0.25) is 24.0 Å². The van der Waals surface area contributed by atoms with E-state index in [2.05, 4.69) is 52.2 Å². The van der Waals surface area contributed by atoms with Gasteiger partial charge in [0.05, 0.1) is 156 Å². The zero-order valence-electron chi connectivity index (χ0n) is 66.0. The van der Waals surface area contributed by atoms with Gasteiger partial charge in [0.15, 0.2) is 0 Å². The molecule has 4 amide bonds. The minimum atomic E-state index is -1.24. The van der Waals surface area contributed by atoms with Crippen LogP contribution in [-0.4, -0.2) is 363 Å². The van der Waals surface area contributed by atoms with Gasteiger partial charge < -0.3 is 129 Å². The second-order valence-electron chi connectivity index (χ2n) is 28.7. The number of amides is 4. The van der Waals surface area contributed by atoms with Crippen molar-refractivity contribution in [3.8, 4) is 0 Å². The van der Waals surface area contributed by atoms with E-state index < -0.39 is 105 Å². The molecule has 0 aromatic carbocycles. The van der Waals surface area contributed by atoms with Crippen LogP contribution in [0, 0.1) is 0 Å². The molecule has 3 aromatic heterocycles. The second-order valence-corrected chi connectivity index (χ2v) is 28.7. The van der Waals surface area contributed by atoms with Crippen molar-refractivity contribution in [1.29, 1.82) is 0 Å². The van der Waals surface area contributed by atoms with Crippen LogP contribution in [0.4, 0.5) is 0 Å². The van der Waals surface area contributed by atoms with Crippen molar-refractivity contribution in [3.05, 3.63) is 35.7 Å². The molecule has 3 aromatic rings. The summed E-state index contributed by atoms with van der Waals surface area (Å²) < 4.78 is 72.7. The summed E-state index contributed by atoms with van der Waals surface area (Å²) in [5, 5.41) is 135. The highest BCUT2D eigenvalue weighted by Gasteiger charge is 2.41. The quantitative estimate of drug-likeness (QED) is 0.0253. The van der Waals surface area contributed by atoms with Crippen LogP contribution < -0.4 is 21.3 Å². The third-order valence-electron chi connectivity index (χ3n) is 19.7. The summed E-state index contributed by atoms with van der Waals surface area (Å²) in [5.41, 5.74) is 1.06. The van der Waals surface area contributed by atoms with Gasteiger partial charge in [0.1, 0.15) is 73.2 Å². The van der Waals surface area contributed by atoms with E-state index in [-0.39, 0.29) is 174 Å². The molecule has 40 heteroatoms. The fourth-order valence-corrected chi connectivity index (χ4v) is 12.9. The van der Waals surface area contributed by atoms with Gasteiger partial charge in [-0.1, -0.05) is 60.6 Å². The molecule has 3 fully saturated rings. The van der Waals surface area contributed by atoms with E-state index in [9.17, 15) is 69.9 Å². The number of aromatic nitrogens is 9. The summed E-state index contributed by atoms with van der Waals surface area (Å²) in [6.07, 6.45) is 5.25. The first-order valence-corrected chi connectivity index (χ1v) is 40.5. The molecule has 3 saturated heterocycles. The van der Waals surface area contributed by atoms with E-state index >= 15 is 0 Å². The van der Waals surface area contributed by atoms with E-state index in [0.717, 1.165) is 62.0 Å². The lowest BCUT2D eigenvalue weighted by Crippen LogP contribution is -2.55. The van der Waals surface area contributed by atoms with Gasteiger partial charge in [0, 0.05) is 95.7 Å². The highest BCUT2D eigenvalue weighted by Crippen LogP contribution is 2.28. The number of hydrogen-bond acceptors (Lipinski definition) is 32. The first kappa shape index (κ1) is 96.8. The first-order chi connectivity index (χ1) is 55.4. The Bertz CT molecular complexity index is 2780. The van der Waals surface area contributed by atoms with Crippen LogP contribution in [-0.2, 0) is 120 Å². The van der Waals surface area contributed by atoms with E-state index in [0.29, 0.717) is 111 Å². The fourth-order valence-electron chi connectivity index (χ4n) is 12.9. The Hall–Kier alpha value is -6.07. The number of nitrogens with one attached hydrogen (secondary N) is 4. The number of aliphatic hydroxyl groups excluding tert-OH is 9. The Morgan fingerprint density at radius 3 is 0.982 bits per heavy atom. The number of ether oxygens (including phenoxy) is 12. The van der Waals surface area contributed by atoms with Crippen LogP contribution >= 0.6 is 0 Å². The number of hydrogen-bond donors (Lipinski definition) is 14. The lowest BCUT2D eigenvalue weighted by atomic mass is 9.82. The van der Waals surface area contributed by atoms with E-state index in [1.807, 2.05) is 0 Å². The number of aryl methyl sites for hydroxylation is 3. The van der Waals surface area contributed by atoms with Gasteiger partial charge in [0.25, 0.3) is 0 Å². The maximum atomic E-state index is 14.0. The number of carbonyl (C=O) groups is 5. The number of unbranched alkanes of at least 4 members (excludes halogenated alkanes) is 8. The van der Waals surface area contributed by atoms with Crippen molar-refractivity contribution in [2.75, 3.05) is 158 Å². The van der Waals surface area contributed by atoms with E-state index in [4.69, 9.17) is 61.9 Å². The van der Waals surface area contributed by atoms with Gasteiger partial charge in [-0.25, -0.2) is 14.0 Å². The number of aliphatic hydroxyl groups is 9. The standard InChI is InChI=1S/C74H129N13O27/c88-48-57-68(97)71(100)60(51-112-57)109-30-10-13-54-45-85(82-79-54)27-36-106-42-39-103-33-24-75-63(91)18-21-74(78-66(94)16-8-6-4-2-1-3-5-7-9-17-67(95)96,22-19-64(92)76-25-34-104-40-43-107-37-28-86-46-55(80-83-86)14-11-31-110-61-52-113-58(49-89)69(98)72(61)101)23-20-65(93)77-26-35-105-41-44-108-38-29-87-47-56(81-84-87)15-12-32-111-62-53-114-59(50-90)70(99)73(62)102/h45-47,57-62,68-73,88-90,97-102H,1-44,48-53H2,(H,75,91)(H,76,92)(H,77,93)(H,78,94)(H,95,96)/t57-,58-,59-,60+,61+,62+,68+,69+,70+,71-,72-,73-/m1/s1. The summed E-state index contributed by atoms with van der Waals surface area (Å²) in [7, 11) is 0. The second kappa shape index (κ2) is 57.9. The number of rotatable bonds is 67. The average molecular weight is 1630 g/mol. The molecule has 6 rings (SSSR count). The molecule has 0 bridgehead atoms. The van der Waals surface area contributed by atoms with Crippen LogP contribution in [0.3, 0.4) is 0 Å². The summed E-state index contributed by atoms with van der Waals surface area (Å²) >= 11 is 0. The molecule has 14 N–H and O–H groups in total. The Balaban J connectivity index is 0.919. The molecule has 0 radical (unpaired) electrons. The molecule has 6 heterocycles. The molecule has 0 saturated carbocycles. The van der Waals surface area contributed by atoms with Gasteiger partial charge in [-0.05, 0) is 70.6 Å². The van der Waals surface area contributed by atoms with Gasteiger partial charge in [-0.15, -0.1) is 15.3 Å². The number of carboxylic acid groups (broad SMARTS) is 1. The monoisotopic (exact) mass is 1630 g/mol. The predicted octanol–water partition coefficient (Wildman–Crippen LogP) is -2.83. The first-order valence-electron chi connectivity index (χ1n) is 40.5. The highest BCUT2D eigenvalue weighted by atomic mass is 16.6. The van der Waals surface area contributed by atoms with Crippen molar-refractivity contribution in [2.45, 2.75) is 246 Å². The van der Waals surface area contributed by atoms with Crippen molar-refractivity contribution < 1.29 is 132 Å². The van der Waals surface area contributed by atoms with Crippen LogP contribution in [0.2, 0.25) is 0 Å². The van der Waals surface area contributed by atoms with Crippen LogP contribution in [0.25, 0.3) is 0 Å². The molecule has 3 aliphatic heterocycles. The fraction of sp³-hybridized carbons (Fsp3) is 0.851. The predicted molar refractivity (Wildman–Crippen MR) is 402 cm³/mol. The molecule has 0 aliphatic carbocycles. The van der Waals surface area contributed by atoms with E-state index in [1.54, 1.807) is 32.6 Å². The summed E-state index contributed by atoms with van der Waals surface area (Å²) in [6, 6.07) is 0. The van der Waals surface area contributed by atoms with Crippen molar-refractivity contribution in [2.24, 2.45) is 0 Å². The number of aliphatic carboxylic acids is 1. The number of nitrogens with zero attached hydrogens (tertiary/aromatic N) is 9. The zero-order valence-corrected chi connectivity index (χ0v) is 66.0. The molecular weight excluding hydrogens is 1500 g/mol. The number of carbonyl (C=O) groups excluding carboxylic acids is 4. The molecule has 3 aliphatic rings. The number of carboxylic acids is 1. The Kier molecular flexibility index (Phi) is 49.2. The maximum absolute atomic E-state index is 14.0. The van der Waals surface area contributed by atoms with Crippen molar-refractivity contribution in [1.82, 2.24) is 66.2 Å². The Labute approximate surface area is 665 Å². The third-order valence-corrected chi connectivity index (χ3v) is 19.7. The smallest absolute Gasteiger partial charge is 0.303 e.